The van der Waals surface area contributed by atoms with E-state index in [9.17, 15) is 4.79 Å². The summed E-state index contributed by atoms with van der Waals surface area (Å²) in [7, 11) is -11.1. The zero-order valence-electron chi connectivity index (χ0n) is 19.0. The Morgan fingerprint density at radius 2 is 1.08 bits per heavy atom. The Kier molecular flexibility index (Phi) is 8.74. The Bertz CT molecular complexity index is 499. The van der Waals surface area contributed by atoms with Crippen LogP contribution < -0.4 is 0 Å². The lowest BCUT2D eigenvalue weighted by Crippen LogP contribution is -2.74. The van der Waals surface area contributed by atoms with Crippen LogP contribution in [-0.4, -0.2) is 53.1 Å². The normalized spacial score (nSPS) is 14.3. The smallest absolute Gasteiger partial charge is 0.366 e. The van der Waals surface area contributed by atoms with E-state index in [0.29, 0.717) is 5.57 Å². The Morgan fingerprint density at radius 1 is 0.731 bits per heavy atom. The molecule has 10 heteroatoms. The first-order valence-corrected chi connectivity index (χ1v) is 25.3. The maximum Gasteiger partial charge on any atom is 0.366 e. The second kappa shape index (κ2) is 8.68. The zero-order valence-corrected chi connectivity index (χ0v) is 24.0. The molecule has 0 aliphatic heterocycles. The molecule has 0 aliphatic rings. The topological polar surface area (TPSA) is 54.0 Å². The molecule has 0 aromatic rings. The summed E-state index contributed by atoms with van der Waals surface area (Å²) < 4.78 is 25.9. The largest absolute Gasteiger partial charge is 0.461 e. The molecule has 26 heavy (non-hydrogen) atoms. The molecule has 0 rings (SSSR count). The van der Waals surface area contributed by atoms with Crippen LogP contribution in [0.4, 0.5) is 0 Å². The van der Waals surface area contributed by atoms with E-state index in [2.05, 4.69) is 78.6 Å². The number of carbonyl (C=O) groups is 1. The molecule has 0 fully saturated rings. The van der Waals surface area contributed by atoms with Gasteiger partial charge in [-0.05, 0) is 78.9 Å². The summed E-state index contributed by atoms with van der Waals surface area (Å²) in [6, 6.07) is 0. The molecule has 0 aromatic heterocycles. The van der Waals surface area contributed by atoms with Crippen molar-refractivity contribution in [3.8, 4) is 0 Å². The maximum absolute atomic E-state index is 12.1. The second-order valence-corrected chi connectivity index (χ2v) is 36.1. The summed E-state index contributed by atoms with van der Waals surface area (Å²) in [6.45, 7) is 29.2. The third-order valence-electron chi connectivity index (χ3n) is 3.16. The van der Waals surface area contributed by atoms with Crippen LogP contribution in [-0.2, 0) is 21.9 Å². The minimum absolute atomic E-state index is 0.178. The SMILES string of the molecule is C=C(C)C(=O)OC[Si](O[Si](C)(C)C)(O[Si](C)(C)C)[Si](C)(C)O[Si](C)(C)C. The van der Waals surface area contributed by atoms with E-state index < -0.39 is 46.8 Å². The van der Waals surface area contributed by atoms with E-state index in [1.807, 2.05) is 0 Å². The fourth-order valence-corrected chi connectivity index (χ4v) is 36.3. The molecule has 5 nitrogen and oxygen atoms in total. The van der Waals surface area contributed by atoms with Crippen LogP contribution in [0.3, 0.4) is 0 Å². The fourth-order valence-electron chi connectivity index (χ4n) is 2.62. The quantitative estimate of drug-likeness (QED) is 0.267. The van der Waals surface area contributed by atoms with Gasteiger partial charge in [-0.15, -0.1) is 0 Å². The van der Waals surface area contributed by atoms with Crippen molar-refractivity contribution in [1.82, 2.24) is 0 Å². The van der Waals surface area contributed by atoms with Crippen molar-refractivity contribution in [3.63, 3.8) is 0 Å². The Labute approximate surface area is 166 Å². The molecular formula is C16H40O5Si5. The van der Waals surface area contributed by atoms with Gasteiger partial charge >= 0.3 is 14.0 Å². The molecule has 0 saturated carbocycles. The van der Waals surface area contributed by atoms with Gasteiger partial charge in [-0.25, -0.2) is 4.79 Å². The molecule has 0 spiro atoms. The van der Waals surface area contributed by atoms with Crippen molar-refractivity contribution in [2.75, 3.05) is 6.23 Å². The van der Waals surface area contributed by atoms with Gasteiger partial charge in [-0.1, -0.05) is 6.58 Å². The lowest BCUT2D eigenvalue weighted by atomic mass is 10.4. The van der Waals surface area contributed by atoms with E-state index in [1.165, 1.54) is 0 Å². The molecule has 0 radical (unpaired) electrons. The van der Waals surface area contributed by atoms with Gasteiger partial charge in [-0.2, -0.15) is 0 Å². The standard InChI is InChI=1S/C16H40O5Si5/c1-15(2)16(17)18-14-26(20-23(6,7)8,21-24(9,10)11)25(12,13)19-22(3,4)5/h1,14H2,2-13H3. The molecule has 0 unspecified atom stereocenters. The van der Waals surface area contributed by atoms with Gasteiger partial charge in [0.15, 0.2) is 25.0 Å². The van der Waals surface area contributed by atoms with Crippen LogP contribution in [0.1, 0.15) is 6.92 Å². The highest BCUT2D eigenvalue weighted by atomic mass is 29.3. The van der Waals surface area contributed by atoms with Crippen LogP contribution in [0, 0.1) is 0 Å². The average Bonchev–Trinajstić information content (AvgIpc) is 2.28. The number of esters is 1. The highest BCUT2D eigenvalue weighted by molar-refractivity contribution is 7.37. The zero-order chi connectivity index (χ0) is 21.2. The van der Waals surface area contributed by atoms with Crippen molar-refractivity contribution in [2.24, 2.45) is 0 Å². The number of carbonyl (C=O) groups excluding carboxylic acids is 1. The second-order valence-electron chi connectivity index (χ2n) is 10.3. The number of ether oxygens (including phenoxy) is 1. The highest BCUT2D eigenvalue weighted by Gasteiger charge is 2.61. The summed E-state index contributed by atoms with van der Waals surface area (Å²) in [5.41, 5.74) is 0.388. The van der Waals surface area contributed by atoms with Gasteiger partial charge in [0, 0.05) is 5.57 Å². The molecule has 154 valence electrons. The predicted molar refractivity (Wildman–Crippen MR) is 122 cm³/mol. The number of hydrogen-bond donors (Lipinski definition) is 0. The molecule has 0 aliphatic carbocycles. The number of rotatable bonds is 10. The highest BCUT2D eigenvalue weighted by Crippen LogP contribution is 2.32. The lowest BCUT2D eigenvalue weighted by molar-refractivity contribution is -0.137. The van der Waals surface area contributed by atoms with Gasteiger partial charge in [-0.3, -0.25) is 0 Å². The average molecular weight is 453 g/mol. The Morgan fingerprint density at radius 3 is 1.35 bits per heavy atom. The van der Waals surface area contributed by atoms with Crippen LogP contribution in [0.5, 0.6) is 0 Å². The molecule has 0 aromatic carbocycles. The van der Waals surface area contributed by atoms with Crippen molar-refractivity contribution in [3.05, 3.63) is 12.2 Å². The summed E-state index contributed by atoms with van der Waals surface area (Å²) >= 11 is 0. The summed E-state index contributed by atoms with van der Waals surface area (Å²) in [4.78, 5) is 12.1. The summed E-state index contributed by atoms with van der Waals surface area (Å²) in [5, 5.41) is 0. The monoisotopic (exact) mass is 452 g/mol. The predicted octanol–water partition coefficient (Wildman–Crippen LogP) is 4.93. The lowest BCUT2D eigenvalue weighted by Gasteiger charge is -2.49. The van der Waals surface area contributed by atoms with E-state index in [4.69, 9.17) is 17.1 Å². The van der Waals surface area contributed by atoms with Crippen molar-refractivity contribution in [2.45, 2.75) is 78.9 Å². The van der Waals surface area contributed by atoms with Crippen molar-refractivity contribution < 1.29 is 21.9 Å². The van der Waals surface area contributed by atoms with Crippen LogP contribution >= 0.6 is 0 Å². The van der Waals surface area contributed by atoms with Gasteiger partial charge in [0.1, 0.15) is 6.23 Å². The maximum atomic E-state index is 12.1. The molecule has 0 amide bonds. The molecule has 0 bridgehead atoms. The molecule has 0 heterocycles. The first kappa shape index (κ1) is 26.2. The minimum Gasteiger partial charge on any atom is -0.461 e. The van der Waals surface area contributed by atoms with Crippen LogP contribution in [0.2, 0.25) is 72.0 Å². The molecule has 0 N–H and O–H groups in total. The first-order valence-electron chi connectivity index (χ1n) is 9.13. The van der Waals surface area contributed by atoms with Gasteiger partial charge in [0.05, 0.1) is 0 Å². The first-order chi connectivity index (χ1) is 11.2. The van der Waals surface area contributed by atoms with Crippen molar-refractivity contribution >= 4 is 46.8 Å². The fraction of sp³-hybridized carbons (Fsp3) is 0.812. The van der Waals surface area contributed by atoms with Crippen LogP contribution in [0.15, 0.2) is 12.2 Å². The Hall–Kier alpha value is 0.174. The van der Waals surface area contributed by atoms with Crippen molar-refractivity contribution in [1.29, 1.82) is 0 Å². The summed E-state index contributed by atoms with van der Waals surface area (Å²) in [6.07, 6.45) is 0.178. The third-order valence-corrected chi connectivity index (χ3v) is 26.2. The minimum atomic E-state index is -2.92. The molecular weight excluding hydrogens is 413 g/mol. The van der Waals surface area contributed by atoms with E-state index >= 15 is 0 Å². The van der Waals surface area contributed by atoms with Gasteiger partial charge < -0.3 is 17.1 Å². The van der Waals surface area contributed by atoms with Gasteiger partial charge in [0.2, 0.25) is 7.83 Å². The van der Waals surface area contributed by atoms with Gasteiger partial charge in [0.25, 0.3) is 0 Å². The number of hydrogen-bond acceptors (Lipinski definition) is 5. The van der Waals surface area contributed by atoms with E-state index in [1.54, 1.807) is 6.92 Å². The Balaban J connectivity index is 6.17. The van der Waals surface area contributed by atoms with E-state index in [0.717, 1.165) is 0 Å². The molecule has 0 saturated heterocycles. The van der Waals surface area contributed by atoms with Crippen LogP contribution in [0.25, 0.3) is 0 Å². The third kappa shape index (κ3) is 9.39. The van der Waals surface area contributed by atoms with E-state index in [-0.39, 0.29) is 6.23 Å². The summed E-state index contributed by atoms with van der Waals surface area (Å²) in [5.74, 6) is -0.391. The molecule has 0 atom stereocenters.